The summed E-state index contributed by atoms with van der Waals surface area (Å²) in [6.45, 7) is 1.16. The molecule has 0 aliphatic carbocycles. The Kier molecular flexibility index (Phi) is 5.62. The first-order valence-corrected chi connectivity index (χ1v) is 10.9. The van der Waals surface area contributed by atoms with Gasteiger partial charge in [0, 0.05) is 17.1 Å². The first kappa shape index (κ1) is 20.9. The van der Waals surface area contributed by atoms with E-state index in [0.29, 0.717) is 41.3 Å². The molecule has 0 atom stereocenters. The lowest BCUT2D eigenvalue weighted by molar-refractivity contribution is 0.0952. The summed E-state index contributed by atoms with van der Waals surface area (Å²) in [5, 5.41) is 10.4. The minimum atomic E-state index is -0.200. The molecule has 0 unspecified atom stereocenters. The van der Waals surface area contributed by atoms with Gasteiger partial charge in [0.1, 0.15) is 11.7 Å². The van der Waals surface area contributed by atoms with Crippen LogP contribution in [0, 0.1) is 0 Å². The number of carbonyl (C=O) groups is 1. The SMILES string of the molecule is O=C(NCCn1ncc2c(=O)n(Cc3cccc4ccccc34)cnc21)c1ccc(Cl)cc1. The maximum atomic E-state index is 13.1. The summed E-state index contributed by atoms with van der Waals surface area (Å²) in [6.07, 6.45) is 3.09. The molecule has 5 rings (SSSR count). The van der Waals surface area contributed by atoms with Crippen LogP contribution in [0.2, 0.25) is 5.02 Å². The van der Waals surface area contributed by atoms with Gasteiger partial charge in [0.15, 0.2) is 5.65 Å². The predicted molar refractivity (Wildman–Crippen MR) is 129 cm³/mol. The van der Waals surface area contributed by atoms with Crippen molar-refractivity contribution in [2.45, 2.75) is 13.1 Å². The van der Waals surface area contributed by atoms with Crippen LogP contribution < -0.4 is 10.9 Å². The van der Waals surface area contributed by atoms with Crippen molar-refractivity contribution in [1.82, 2.24) is 24.6 Å². The fourth-order valence-corrected chi connectivity index (χ4v) is 3.99. The Morgan fingerprint density at radius 1 is 0.970 bits per heavy atom. The van der Waals surface area contributed by atoms with E-state index in [2.05, 4.69) is 33.6 Å². The highest BCUT2D eigenvalue weighted by molar-refractivity contribution is 6.30. The molecular weight excluding hydrogens is 438 g/mol. The van der Waals surface area contributed by atoms with Gasteiger partial charge in [-0.05, 0) is 40.6 Å². The molecule has 33 heavy (non-hydrogen) atoms. The second-order valence-corrected chi connectivity index (χ2v) is 8.12. The predicted octanol–water partition coefficient (Wildman–Crippen LogP) is 3.88. The molecule has 8 heteroatoms. The van der Waals surface area contributed by atoms with Gasteiger partial charge in [0.2, 0.25) is 0 Å². The number of carbonyl (C=O) groups excluding carboxylic acids is 1. The summed E-state index contributed by atoms with van der Waals surface area (Å²) in [5.41, 5.74) is 1.92. The molecular formula is C25H20ClN5O2. The molecule has 5 aromatic rings. The zero-order valence-electron chi connectivity index (χ0n) is 17.6. The average molecular weight is 458 g/mol. The minimum Gasteiger partial charge on any atom is -0.350 e. The van der Waals surface area contributed by atoms with Gasteiger partial charge in [-0.2, -0.15) is 5.10 Å². The zero-order chi connectivity index (χ0) is 22.8. The molecule has 1 amide bonds. The first-order chi connectivity index (χ1) is 16.1. The van der Waals surface area contributed by atoms with Crippen molar-refractivity contribution in [3.8, 4) is 0 Å². The van der Waals surface area contributed by atoms with Crippen LogP contribution in [0.1, 0.15) is 15.9 Å². The molecule has 0 aliphatic rings. The highest BCUT2D eigenvalue weighted by Gasteiger charge is 2.12. The van der Waals surface area contributed by atoms with Crippen LogP contribution in [0.3, 0.4) is 0 Å². The number of amides is 1. The second kappa shape index (κ2) is 8.88. The van der Waals surface area contributed by atoms with Gasteiger partial charge in [0.25, 0.3) is 11.5 Å². The highest BCUT2D eigenvalue weighted by atomic mass is 35.5. The lowest BCUT2D eigenvalue weighted by Crippen LogP contribution is -2.27. The number of hydrogen-bond acceptors (Lipinski definition) is 4. The van der Waals surface area contributed by atoms with E-state index in [1.807, 2.05) is 24.3 Å². The number of rotatable bonds is 6. The van der Waals surface area contributed by atoms with Crippen LogP contribution in [0.4, 0.5) is 0 Å². The molecule has 2 heterocycles. The maximum Gasteiger partial charge on any atom is 0.264 e. The van der Waals surface area contributed by atoms with Crippen molar-refractivity contribution in [3.63, 3.8) is 0 Å². The Hall–Kier alpha value is -3.97. The van der Waals surface area contributed by atoms with Crippen molar-refractivity contribution in [2.24, 2.45) is 0 Å². The lowest BCUT2D eigenvalue weighted by Gasteiger charge is -2.09. The molecule has 7 nitrogen and oxygen atoms in total. The fraction of sp³-hybridized carbons (Fsp3) is 0.120. The normalized spacial score (nSPS) is 11.2. The summed E-state index contributed by atoms with van der Waals surface area (Å²) < 4.78 is 3.22. The fourth-order valence-electron chi connectivity index (χ4n) is 3.87. The van der Waals surface area contributed by atoms with Gasteiger partial charge >= 0.3 is 0 Å². The maximum absolute atomic E-state index is 13.1. The van der Waals surface area contributed by atoms with E-state index in [1.54, 1.807) is 39.8 Å². The van der Waals surface area contributed by atoms with Crippen molar-refractivity contribution in [2.75, 3.05) is 6.54 Å². The summed E-state index contributed by atoms with van der Waals surface area (Å²) in [5.74, 6) is -0.200. The number of nitrogens with one attached hydrogen (secondary N) is 1. The van der Waals surface area contributed by atoms with Crippen molar-refractivity contribution < 1.29 is 4.79 Å². The Morgan fingerprint density at radius 2 is 1.76 bits per heavy atom. The Balaban J connectivity index is 1.32. The third-order valence-electron chi connectivity index (χ3n) is 5.56. The molecule has 0 fully saturated rings. The number of benzene rings is 3. The lowest BCUT2D eigenvalue weighted by atomic mass is 10.0. The van der Waals surface area contributed by atoms with Crippen LogP contribution in [0.15, 0.2) is 84.0 Å². The number of nitrogens with zero attached hydrogens (tertiary/aromatic N) is 4. The standard InChI is InChI=1S/C25H20ClN5O2/c26-20-10-8-18(9-11-20)24(32)27-12-13-31-23-22(14-29-31)25(33)30(16-28-23)15-19-6-3-5-17-4-1-2-7-21(17)19/h1-11,14,16H,12-13,15H2,(H,27,32). The largest absolute Gasteiger partial charge is 0.350 e. The Bertz CT molecular complexity index is 1520. The number of halogens is 1. The third kappa shape index (κ3) is 4.23. The molecule has 0 radical (unpaired) electrons. The van der Waals surface area contributed by atoms with E-state index >= 15 is 0 Å². The van der Waals surface area contributed by atoms with E-state index < -0.39 is 0 Å². The van der Waals surface area contributed by atoms with Crippen LogP contribution in [0.25, 0.3) is 21.8 Å². The molecule has 0 saturated carbocycles. The molecule has 0 saturated heterocycles. The van der Waals surface area contributed by atoms with E-state index in [1.165, 1.54) is 6.20 Å². The molecule has 0 bridgehead atoms. The second-order valence-electron chi connectivity index (χ2n) is 7.68. The van der Waals surface area contributed by atoms with Gasteiger partial charge in [0.05, 0.1) is 19.3 Å². The number of aromatic nitrogens is 4. The molecule has 1 N–H and O–H groups in total. The summed E-state index contributed by atoms with van der Waals surface area (Å²) in [7, 11) is 0. The zero-order valence-corrected chi connectivity index (χ0v) is 18.4. The van der Waals surface area contributed by atoms with Gasteiger partial charge in [-0.15, -0.1) is 0 Å². The topological polar surface area (TPSA) is 81.8 Å². The van der Waals surface area contributed by atoms with Gasteiger partial charge < -0.3 is 5.32 Å². The van der Waals surface area contributed by atoms with Gasteiger partial charge in [-0.25, -0.2) is 9.67 Å². The summed E-state index contributed by atoms with van der Waals surface area (Å²) in [6, 6.07) is 20.8. The molecule has 0 aliphatic heterocycles. The quantitative estimate of drug-likeness (QED) is 0.419. The monoisotopic (exact) mass is 457 g/mol. The number of fused-ring (bicyclic) bond motifs is 2. The smallest absolute Gasteiger partial charge is 0.264 e. The molecule has 2 aromatic heterocycles. The van der Waals surface area contributed by atoms with E-state index in [9.17, 15) is 9.59 Å². The van der Waals surface area contributed by atoms with Crippen molar-refractivity contribution >= 4 is 39.3 Å². The third-order valence-corrected chi connectivity index (χ3v) is 5.81. The minimum absolute atomic E-state index is 0.149. The van der Waals surface area contributed by atoms with Gasteiger partial charge in [-0.1, -0.05) is 54.1 Å². The molecule has 0 spiro atoms. The van der Waals surface area contributed by atoms with Gasteiger partial charge in [-0.3, -0.25) is 14.2 Å². The Labute approximate surface area is 194 Å². The molecule has 164 valence electrons. The van der Waals surface area contributed by atoms with Crippen LogP contribution in [-0.4, -0.2) is 31.8 Å². The van der Waals surface area contributed by atoms with Crippen molar-refractivity contribution in [3.05, 3.63) is 106 Å². The average Bonchev–Trinajstić information content (AvgIpc) is 3.25. The highest BCUT2D eigenvalue weighted by Crippen LogP contribution is 2.19. The van der Waals surface area contributed by atoms with E-state index in [0.717, 1.165) is 16.3 Å². The van der Waals surface area contributed by atoms with E-state index in [4.69, 9.17) is 11.6 Å². The van der Waals surface area contributed by atoms with E-state index in [-0.39, 0.29) is 11.5 Å². The van der Waals surface area contributed by atoms with Crippen molar-refractivity contribution in [1.29, 1.82) is 0 Å². The molecule has 3 aromatic carbocycles. The Morgan fingerprint density at radius 3 is 2.61 bits per heavy atom. The summed E-state index contributed by atoms with van der Waals surface area (Å²) in [4.78, 5) is 29.8. The number of hydrogen-bond donors (Lipinski definition) is 1. The first-order valence-electron chi connectivity index (χ1n) is 10.5. The van der Waals surface area contributed by atoms with Crippen LogP contribution in [0.5, 0.6) is 0 Å². The van der Waals surface area contributed by atoms with Crippen LogP contribution >= 0.6 is 11.6 Å². The van der Waals surface area contributed by atoms with Crippen LogP contribution in [-0.2, 0) is 13.1 Å². The summed E-state index contributed by atoms with van der Waals surface area (Å²) >= 11 is 5.86.